The molecule has 1 saturated carbocycles. The van der Waals surface area contributed by atoms with Crippen molar-refractivity contribution >= 4 is 5.91 Å². The first-order valence-electron chi connectivity index (χ1n) is 8.65. The van der Waals surface area contributed by atoms with Gasteiger partial charge in [-0.1, -0.05) is 20.8 Å². The van der Waals surface area contributed by atoms with Crippen LogP contribution >= 0.6 is 0 Å². The summed E-state index contributed by atoms with van der Waals surface area (Å²) in [4.78, 5) is 14.7. The van der Waals surface area contributed by atoms with Crippen molar-refractivity contribution < 1.29 is 9.90 Å². The van der Waals surface area contributed by atoms with Crippen LogP contribution in [0.3, 0.4) is 0 Å². The molecule has 4 atom stereocenters. The van der Waals surface area contributed by atoms with Crippen LogP contribution < -0.4 is 5.32 Å². The Morgan fingerprint density at radius 1 is 1.57 bits per heavy atom. The zero-order chi connectivity index (χ0) is 16.6. The van der Waals surface area contributed by atoms with Crippen LogP contribution in [0.4, 0.5) is 0 Å². The van der Waals surface area contributed by atoms with Crippen LogP contribution in [0.1, 0.15) is 39.3 Å². The third-order valence-electron chi connectivity index (χ3n) is 5.54. The van der Waals surface area contributed by atoms with Gasteiger partial charge in [-0.25, -0.2) is 0 Å². The van der Waals surface area contributed by atoms with Crippen molar-refractivity contribution in [3.05, 3.63) is 18.0 Å². The molecule has 1 aliphatic heterocycles. The molecule has 23 heavy (non-hydrogen) atoms. The summed E-state index contributed by atoms with van der Waals surface area (Å²) < 4.78 is 0. The lowest BCUT2D eigenvalue weighted by Crippen LogP contribution is -2.65. The van der Waals surface area contributed by atoms with Gasteiger partial charge in [0.25, 0.3) is 0 Å². The smallest absolute Gasteiger partial charge is 0.226 e. The van der Waals surface area contributed by atoms with Gasteiger partial charge >= 0.3 is 0 Å². The lowest BCUT2D eigenvalue weighted by molar-refractivity contribution is -0.122. The van der Waals surface area contributed by atoms with Gasteiger partial charge in [-0.2, -0.15) is 5.10 Å². The van der Waals surface area contributed by atoms with E-state index in [9.17, 15) is 9.90 Å². The minimum Gasteiger partial charge on any atom is -0.391 e. The Morgan fingerprint density at radius 2 is 2.35 bits per heavy atom. The summed E-state index contributed by atoms with van der Waals surface area (Å²) in [5.41, 5.74) is 0.959. The van der Waals surface area contributed by atoms with Gasteiger partial charge in [0.1, 0.15) is 0 Å². The molecule has 1 aromatic heterocycles. The number of nitrogens with one attached hydrogen (secondary N) is 2. The third-order valence-corrected chi connectivity index (χ3v) is 5.54. The van der Waals surface area contributed by atoms with Crippen LogP contribution in [-0.4, -0.2) is 57.4 Å². The monoisotopic (exact) mass is 320 g/mol. The van der Waals surface area contributed by atoms with Gasteiger partial charge in [0.2, 0.25) is 5.91 Å². The fraction of sp³-hybridized carbons (Fsp3) is 0.765. The van der Waals surface area contributed by atoms with E-state index in [-0.39, 0.29) is 23.8 Å². The highest BCUT2D eigenvalue weighted by Gasteiger charge is 2.58. The van der Waals surface area contributed by atoms with Crippen molar-refractivity contribution in [2.45, 2.75) is 58.2 Å². The zero-order valence-corrected chi connectivity index (χ0v) is 14.2. The number of aliphatic hydroxyl groups excluding tert-OH is 1. The summed E-state index contributed by atoms with van der Waals surface area (Å²) in [6.45, 7) is 8.79. The Hall–Kier alpha value is -1.40. The molecule has 1 aromatic rings. The number of aliphatic hydroxyl groups is 1. The summed E-state index contributed by atoms with van der Waals surface area (Å²) in [6.07, 6.45) is 3.15. The lowest BCUT2D eigenvalue weighted by atomic mass is 9.65. The predicted octanol–water partition coefficient (Wildman–Crippen LogP) is 0.938. The summed E-state index contributed by atoms with van der Waals surface area (Å²) in [6, 6.07) is 2.17. The van der Waals surface area contributed by atoms with E-state index < -0.39 is 6.10 Å². The third kappa shape index (κ3) is 3.02. The molecular weight excluding hydrogens is 292 g/mol. The number of likely N-dealkylation sites (tertiary alicyclic amines) is 1. The standard InChI is InChI=1S/C17H28N4O2/c1-4-21-10-17(16(21)11(2)3)8-13(14(22)9-17)19-15(23)7-12-5-6-18-20-12/h5-6,11,13-14,16,22H,4,7-10H2,1-3H3,(H,18,20)(H,19,23)/t13-,14-,16?,17?/m1/s1. The number of aromatic nitrogens is 2. The van der Waals surface area contributed by atoms with E-state index in [0.29, 0.717) is 12.0 Å². The first kappa shape index (κ1) is 16.5. The van der Waals surface area contributed by atoms with E-state index in [1.165, 1.54) is 0 Å². The maximum atomic E-state index is 12.2. The number of carbonyl (C=O) groups excluding carboxylic acids is 1. The average Bonchev–Trinajstić information content (AvgIpc) is 3.05. The summed E-state index contributed by atoms with van der Waals surface area (Å²) >= 11 is 0. The number of hydrogen-bond acceptors (Lipinski definition) is 4. The number of H-pyrrole nitrogens is 1. The minimum atomic E-state index is -0.444. The molecule has 128 valence electrons. The fourth-order valence-corrected chi connectivity index (χ4v) is 4.86. The predicted molar refractivity (Wildman–Crippen MR) is 87.8 cm³/mol. The molecule has 1 saturated heterocycles. The number of amides is 1. The Balaban J connectivity index is 1.61. The summed E-state index contributed by atoms with van der Waals surface area (Å²) in [7, 11) is 0. The molecule has 2 unspecified atom stereocenters. The molecule has 1 spiro atoms. The molecule has 2 heterocycles. The van der Waals surface area contributed by atoms with E-state index >= 15 is 0 Å². The molecule has 0 aromatic carbocycles. The Labute approximate surface area is 137 Å². The largest absolute Gasteiger partial charge is 0.391 e. The van der Waals surface area contributed by atoms with Gasteiger partial charge in [-0.05, 0) is 31.4 Å². The van der Waals surface area contributed by atoms with E-state index in [1.807, 2.05) is 0 Å². The Bertz CT molecular complexity index is 545. The average molecular weight is 320 g/mol. The fourth-order valence-electron chi connectivity index (χ4n) is 4.86. The highest BCUT2D eigenvalue weighted by Crippen LogP contribution is 2.52. The second-order valence-corrected chi connectivity index (χ2v) is 7.52. The highest BCUT2D eigenvalue weighted by molar-refractivity contribution is 5.78. The summed E-state index contributed by atoms with van der Waals surface area (Å²) in [5, 5.41) is 20.1. The molecule has 2 fully saturated rings. The number of aromatic amines is 1. The Kier molecular flexibility index (Phi) is 4.47. The van der Waals surface area contributed by atoms with E-state index in [1.54, 1.807) is 12.3 Å². The van der Waals surface area contributed by atoms with Crippen molar-refractivity contribution in [1.82, 2.24) is 20.4 Å². The summed E-state index contributed by atoms with van der Waals surface area (Å²) in [5.74, 6) is 0.512. The van der Waals surface area contributed by atoms with Gasteiger partial charge < -0.3 is 10.4 Å². The number of carbonyl (C=O) groups is 1. The van der Waals surface area contributed by atoms with Crippen LogP contribution in [0.5, 0.6) is 0 Å². The second kappa shape index (κ2) is 6.24. The van der Waals surface area contributed by atoms with Crippen molar-refractivity contribution in [1.29, 1.82) is 0 Å². The van der Waals surface area contributed by atoms with Crippen molar-refractivity contribution in [3.63, 3.8) is 0 Å². The second-order valence-electron chi connectivity index (χ2n) is 7.52. The van der Waals surface area contributed by atoms with E-state index in [4.69, 9.17) is 0 Å². The lowest BCUT2D eigenvalue weighted by Gasteiger charge is -2.58. The van der Waals surface area contributed by atoms with Crippen LogP contribution in [0, 0.1) is 11.3 Å². The topological polar surface area (TPSA) is 81.2 Å². The molecule has 1 amide bonds. The normalized spacial score (nSPS) is 34.0. The van der Waals surface area contributed by atoms with Crippen molar-refractivity contribution in [2.75, 3.05) is 13.1 Å². The van der Waals surface area contributed by atoms with Crippen LogP contribution in [0.25, 0.3) is 0 Å². The zero-order valence-electron chi connectivity index (χ0n) is 14.2. The molecular formula is C17H28N4O2. The molecule has 3 rings (SSSR count). The van der Waals surface area contributed by atoms with Crippen LogP contribution in [-0.2, 0) is 11.2 Å². The number of nitrogens with zero attached hydrogens (tertiary/aromatic N) is 2. The molecule has 2 aliphatic rings. The highest BCUT2D eigenvalue weighted by atomic mass is 16.3. The molecule has 1 aliphatic carbocycles. The van der Waals surface area contributed by atoms with Gasteiger partial charge in [0, 0.05) is 29.9 Å². The molecule has 6 heteroatoms. The maximum absolute atomic E-state index is 12.2. The number of hydrogen-bond donors (Lipinski definition) is 3. The minimum absolute atomic E-state index is 0.0527. The quantitative estimate of drug-likeness (QED) is 0.754. The van der Waals surface area contributed by atoms with Gasteiger partial charge in [-0.3, -0.25) is 14.8 Å². The molecule has 0 radical (unpaired) electrons. The Morgan fingerprint density at radius 3 is 2.96 bits per heavy atom. The van der Waals surface area contributed by atoms with Crippen molar-refractivity contribution in [2.24, 2.45) is 11.3 Å². The van der Waals surface area contributed by atoms with Gasteiger partial charge in [0.15, 0.2) is 0 Å². The molecule has 3 N–H and O–H groups in total. The van der Waals surface area contributed by atoms with Gasteiger partial charge in [-0.15, -0.1) is 0 Å². The molecule has 0 bridgehead atoms. The van der Waals surface area contributed by atoms with Crippen LogP contribution in [0.15, 0.2) is 12.3 Å². The molecule has 6 nitrogen and oxygen atoms in total. The van der Waals surface area contributed by atoms with Gasteiger partial charge in [0.05, 0.1) is 18.6 Å². The van der Waals surface area contributed by atoms with Crippen molar-refractivity contribution in [3.8, 4) is 0 Å². The number of rotatable bonds is 5. The van der Waals surface area contributed by atoms with E-state index in [0.717, 1.165) is 31.6 Å². The maximum Gasteiger partial charge on any atom is 0.226 e. The SMILES string of the molecule is CCN1CC2(C[C@@H](O)[C@H](NC(=O)Cc3ccn[nH]3)C2)C1C(C)C. The van der Waals surface area contributed by atoms with Crippen LogP contribution in [0.2, 0.25) is 0 Å². The first-order chi connectivity index (χ1) is 10.9. The van der Waals surface area contributed by atoms with E-state index in [2.05, 4.69) is 41.2 Å². The first-order valence-corrected chi connectivity index (χ1v) is 8.65.